The van der Waals surface area contributed by atoms with E-state index < -0.39 is 0 Å². The van der Waals surface area contributed by atoms with Gasteiger partial charge in [0.25, 0.3) is 0 Å². The third-order valence-electron chi connectivity index (χ3n) is 2.30. The van der Waals surface area contributed by atoms with E-state index in [-0.39, 0.29) is 18.1 Å². The maximum absolute atomic E-state index is 11.5. The van der Waals surface area contributed by atoms with E-state index in [9.17, 15) is 4.79 Å². The minimum Gasteiger partial charge on any atom is -0.374 e. The Morgan fingerprint density at radius 2 is 2.40 bits per heavy atom. The molecule has 1 aliphatic rings. The van der Waals surface area contributed by atoms with E-state index >= 15 is 0 Å². The summed E-state index contributed by atoms with van der Waals surface area (Å²) in [4.78, 5) is 13.6. The van der Waals surface area contributed by atoms with E-state index in [1.807, 2.05) is 13.8 Å². The van der Waals surface area contributed by atoms with Crippen LogP contribution >= 0.6 is 0 Å². The Kier molecular flexibility index (Phi) is 5.01. The predicted octanol–water partition coefficient (Wildman–Crippen LogP) is -0.829. The van der Waals surface area contributed by atoms with E-state index in [0.717, 1.165) is 13.1 Å². The van der Waals surface area contributed by atoms with E-state index in [1.54, 1.807) is 0 Å². The number of nitrogens with zero attached hydrogens (tertiary/aromatic N) is 1. The molecule has 1 unspecified atom stereocenters. The Bertz CT molecular complexity index is 209. The number of carbonyl (C=O) groups excluding carboxylic acids is 1. The fourth-order valence-electron chi connectivity index (χ4n) is 1.64. The largest absolute Gasteiger partial charge is 0.374 e. The van der Waals surface area contributed by atoms with Crippen LogP contribution in [0.1, 0.15) is 13.8 Å². The van der Waals surface area contributed by atoms with Crippen LogP contribution < -0.4 is 11.1 Å². The second-order valence-corrected chi connectivity index (χ2v) is 4.19. The van der Waals surface area contributed by atoms with Gasteiger partial charge in [-0.15, -0.1) is 0 Å². The van der Waals surface area contributed by atoms with Gasteiger partial charge >= 0.3 is 0 Å². The molecule has 0 spiro atoms. The van der Waals surface area contributed by atoms with Gasteiger partial charge in [0.2, 0.25) is 5.91 Å². The van der Waals surface area contributed by atoms with Gasteiger partial charge in [-0.05, 0) is 13.8 Å². The molecule has 1 aliphatic heterocycles. The molecular formula is C10H21N3O2. The number of hydrogen-bond donors (Lipinski definition) is 2. The lowest BCUT2D eigenvalue weighted by Crippen LogP contribution is -2.49. The minimum atomic E-state index is 0.0719. The highest BCUT2D eigenvalue weighted by atomic mass is 16.5. The summed E-state index contributed by atoms with van der Waals surface area (Å²) < 4.78 is 5.42. The highest BCUT2D eigenvalue weighted by molar-refractivity contribution is 5.78. The van der Waals surface area contributed by atoms with Gasteiger partial charge < -0.3 is 15.8 Å². The van der Waals surface area contributed by atoms with E-state index in [0.29, 0.717) is 19.7 Å². The van der Waals surface area contributed by atoms with Crippen molar-refractivity contribution < 1.29 is 9.53 Å². The van der Waals surface area contributed by atoms with Crippen molar-refractivity contribution in [1.29, 1.82) is 0 Å². The first-order valence-corrected chi connectivity index (χ1v) is 5.45. The van der Waals surface area contributed by atoms with Crippen LogP contribution in [-0.2, 0) is 9.53 Å². The van der Waals surface area contributed by atoms with Gasteiger partial charge in [-0.25, -0.2) is 0 Å². The second-order valence-electron chi connectivity index (χ2n) is 4.19. The summed E-state index contributed by atoms with van der Waals surface area (Å²) in [6.07, 6.45) is 0.0746. The van der Waals surface area contributed by atoms with Gasteiger partial charge in [0.15, 0.2) is 0 Å². The summed E-state index contributed by atoms with van der Waals surface area (Å²) in [5.74, 6) is 0.0719. The topological polar surface area (TPSA) is 67.6 Å². The van der Waals surface area contributed by atoms with Crippen LogP contribution in [0.2, 0.25) is 0 Å². The van der Waals surface area contributed by atoms with Gasteiger partial charge in [0.05, 0.1) is 19.3 Å². The van der Waals surface area contributed by atoms with Crippen LogP contribution in [0.25, 0.3) is 0 Å². The van der Waals surface area contributed by atoms with Gasteiger partial charge in [-0.1, -0.05) is 0 Å². The molecule has 3 N–H and O–H groups in total. The molecule has 0 aromatic rings. The normalized spacial score (nSPS) is 23.1. The summed E-state index contributed by atoms with van der Waals surface area (Å²) in [7, 11) is 0. The second kappa shape index (κ2) is 6.05. The van der Waals surface area contributed by atoms with E-state index in [4.69, 9.17) is 10.5 Å². The average Bonchev–Trinajstić information content (AvgIpc) is 2.16. The lowest BCUT2D eigenvalue weighted by molar-refractivity contribution is -0.124. The van der Waals surface area contributed by atoms with Gasteiger partial charge in [-0.2, -0.15) is 0 Å². The molecule has 1 fully saturated rings. The SMILES string of the molecule is CC(C)NC(=O)CN1CCOC(CN)C1. The number of nitrogens with two attached hydrogens (primary N) is 1. The molecule has 1 atom stereocenters. The number of rotatable bonds is 4. The Morgan fingerprint density at radius 3 is 3.00 bits per heavy atom. The smallest absolute Gasteiger partial charge is 0.234 e. The molecule has 1 rings (SSSR count). The predicted molar refractivity (Wildman–Crippen MR) is 58.5 cm³/mol. The third kappa shape index (κ3) is 4.59. The molecule has 0 aliphatic carbocycles. The van der Waals surface area contributed by atoms with Crippen LogP contribution in [0.15, 0.2) is 0 Å². The Labute approximate surface area is 90.9 Å². The molecule has 0 bridgehead atoms. The average molecular weight is 215 g/mol. The highest BCUT2D eigenvalue weighted by Crippen LogP contribution is 2.03. The van der Waals surface area contributed by atoms with Crippen LogP contribution in [0, 0.1) is 0 Å². The van der Waals surface area contributed by atoms with Crippen molar-refractivity contribution in [2.45, 2.75) is 26.0 Å². The van der Waals surface area contributed by atoms with Crippen LogP contribution in [-0.4, -0.2) is 55.7 Å². The van der Waals surface area contributed by atoms with Crippen LogP contribution in [0.3, 0.4) is 0 Å². The molecule has 0 aromatic carbocycles. The zero-order chi connectivity index (χ0) is 11.3. The summed E-state index contributed by atoms with van der Waals surface area (Å²) in [5.41, 5.74) is 5.52. The number of morpholine rings is 1. The first-order valence-electron chi connectivity index (χ1n) is 5.45. The van der Waals surface area contributed by atoms with E-state index in [2.05, 4.69) is 10.2 Å². The zero-order valence-corrected chi connectivity index (χ0v) is 9.53. The molecular weight excluding hydrogens is 194 g/mol. The van der Waals surface area contributed by atoms with Gasteiger partial charge in [-0.3, -0.25) is 9.69 Å². The fourth-order valence-corrected chi connectivity index (χ4v) is 1.64. The van der Waals surface area contributed by atoms with Crippen molar-refractivity contribution in [2.24, 2.45) is 5.73 Å². The molecule has 5 heteroatoms. The van der Waals surface area contributed by atoms with E-state index in [1.165, 1.54) is 0 Å². The van der Waals surface area contributed by atoms with Crippen molar-refractivity contribution in [3.05, 3.63) is 0 Å². The van der Waals surface area contributed by atoms with Crippen molar-refractivity contribution in [2.75, 3.05) is 32.8 Å². The van der Waals surface area contributed by atoms with Crippen LogP contribution in [0.4, 0.5) is 0 Å². The molecule has 0 aromatic heterocycles. The molecule has 5 nitrogen and oxygen atoms in total. The van der Waals surface area contributed by atoms with Crippen molar-refractivity contribution in [3.8, 4) is 0 Å². The Balaban J connectivity index is 2.28. The third-order valence-corrected chi connectivity index (χ3v) is 2.30. The summed E-state index contributed by atoms with van der Waals surface area (Å²) in [5, 5.41) is 2.87. The number of nitrogens with one attached hydrogen (secondary N) is 1. The molecule has 1 saturated heterocycles. The fraction of sp³-hybridized carbons (Fsp3) is 0.900. The lowest BCUT2D eigenvalue weighted by Gasteiger charge is -2.31. The van der Waals surface area contributed by atoms with Crippen molar-refractivity contribution in [3.63, 3.8) is 0 Å². The van der Waals surface area contributed by atoms with Gasteiger partial charge in [0, 0.05) is 25.7 Å². The molecule has 1 heterocycles. The molecule has 88 valence electrons. The maximum atomic E-state index is 11.5. The molecule has 15 heavy (non-hydrogen) atoms. The standard InChI is InChI=1S/C10H21N3O2/c1-8(2)12-10(14)7-13-3-4-15-9(5-11)6-13/h8-9H,3-7,11H2,1-2H3,(H,12,14). The molecule has 1 amide bonds. The first kappa shape index (κ1) is 12.4. The highest BCUT2D eigenvalue weighted by Gasteiger charge is 2.20. The van der Waals surface area contributed by atoms with Gasteiger partial charge in [0.1, 0.15) is 0 Å². The van der Waals surface area contributed by atoms with Crippen molar-refractivity contribution in [1.82, 2.24) is 10.2 Å². The number of ether oxygens (including phenoxy) is 1. The van der Waals surface area contributed by atoms with Crippen molar-refractivity contribution >= 4 is 5.91 Å². The molecule has 0 radical (unpaired) electrons. The number of carbonyl (C=O) groups is 1. The number of hydrogen-bond acceptors (Lipinski definition) is 4. The lowest BCUT2D eigenvalue weighted by atomic mass is 10.2. The summed E-state index contributed by atoms with van der Waals surface area (Å²) in [6.45, 7) is 7.10. The summed E-state index contributed by atoms with van der Waals surface area (Å²) in [6, 6.07) is 0.198. The quantitative estimate of drug-likeness (QED) is 0.642. The Morgan fingerprint density at radius 1 is 1.67 bits per heavy atom. The first-order chi connectivity index (χ1) is 7.11. The maximum Gasteiger partial charge on any atom is 0.234 e. The minimum absolute atomic E-state index is 0.0719. The van der Waals surface area contributed by atoms with Crippen LogP contribution in [0.5, 0.6) is 0 Å². The molecule has 0 saturated carbocycles. The zero-order valence-electron chi connectivity index (χ0n) is 9.53. The summed E-state index contributed by atoms with van der Waals surface area (Å²) >= 11 is 0. The Hall–Kier alpha value is -0.650. The number of amides is 1. The monoisotopic (exact) mass is 215 g/mol.